The Bertz CT molecular complexity index is 1960. The van der Waals surface area contributed by atoms with Gasteiger partial charge >= 0.3 is 0 Å². The first-order chi connectivity index (χ1) is 25.1. The number of nitrogens with one attached hydrogen (secondary N) is 4. The van der Waals surface area contributed by atoms with Crippen molar-refractivity contribution < 1.29 is 19.1 Å². The maximum Gasteiger partial charge on any atom is 0.290 e. The van der Waals surface area contributed by atoms with Gasteiger partial charge in [-0.15, -0.1) is 0 Å². The summed E-state index contributed by atoms with van der Waals surface area (Å²) in [6.45, 7) is 15.5. The minimum Gasteiger partial charge on any atom is -0.483 e. The monoisotopic (exact) mass is 712 g/mol. The minimum atomic E-state index is -1.04. The second-order valence-corrected chi connectivity index (χ2v) is 13.1. The molecule has 0 unspecified atom stereocenters. The predicted molar refractivity (Wildman–Crippen MR) is 205 cm³/mol. The molecule has 2 aromatic carbocycles. The third kappa shape index (κ3) is 10.5. The van der Waals surface area contributed by atoms with Crippen LogP contribution in [0.4, 0.5) is 22.0 Å². The Hall–Kier alpha value is -5.47. The van der Waals surface area contributed by atoms with Crippen molar-refractivity contribution in [2.75, 3.05) is 42.1 Å². The normalized spacial score (nSPS) is 12.8. The molecule has 6 rings (SSSR count). The van der Waals surface area contributed by atoms with E-state index in [1.807, 2.05) is 36.5 Å². The SMILES string of the molecule is C=C(F)C(=O)Nc1ccc2c(-c3ccccc3CNc3nc(NCC4CCNCC4)nc4c(C(C)C)cnn34)nccc2c1.CC(C)CN.O=CO. The minimum absolute atomic E-state index is 0.250. The number of nitrogens with two attached hydrogens (primary N) is 1. The van der Waals surface area contributed by atoms with E-state index in [-0.39, 0.29) is 12.4 Å². The Morgan fingerprint density at radius 3 is 2.50 bits per heavy atom. The van der Waals surface area contributed by atoms with Crippen molar-refractivity contribution in [2.24, 2.45) is 17.6 Å². The standard InChI is InChI=1S/C33H36FN9O.C4H11N.CH2O2/c1-20(2)28-19-39-43-30(28)41-32(37-17-22-10-13-35-14-11-22)42-33(43)38-18-24-6-4-5-7-26(24)29-27-9-8-25(40-31(44)21(3)34)16-23(27)12-15-36-29;1-4(2)3-5;2-1-3/h4-9,12,15-16,19-20,22,35H,3,10-11,13-14,17-18H2,1-2H3,(H,40,44)(H2,37,38,41,42);4H,3,5H2,1-2H3;1H,(H,2,3). The van der Waals surface area contributed by atoms with Crippen LogP contribution in [0.2, 0.25) is 0 Å². The molecule has 0 bridgehead atoms. The Morgan fingerprint density at radius 2 is 1.83 bits per heavy atom. The van der Waals surface area contributed by atoms with Crippen LogP contribution >= 0.6 is 0 Å². The lowest BCUT2D eigenvalue weighted by atomic mass is 9.98. The summed E-state index contributed by atoms with van der Waals surface area (Å²) in [4.78, 5) is 34.6. The van der Waals surface area contributed by atoms with Crippen LogP contribution in [-0.2, 0) is 16.1 Å². The first-order valence-electron chi connectivity index (χ1n) is 17.4. The van der Waals surface area contributed by atoms with Crippen molar-refractivity contribution in [1.82, 2.24) is 29.9 Å². The van der Waals surface area contributed by atoms with Crippen molar-refractivity contribution in [2.45, 2.75) is 53.0 Å². The molecule has 14 heteroatoms. The van der Waals surface area contributed by atoms with E-state index < -0.39 is 11.7 Å². The van der Waals surface area contributed by atoms with Gasteiger partial charge in [0, 0.05) is 41.5 Å². The van der Waals surface area contributed by atoms with Gasteiger partial charge in [-0.2, -0.15) is 19.6 Å². The number of halogens is 1. The number of aromatic nitrogens is 5. The maximum atomic E-state index is 13.2. The number of hydrogen-bond acceptors (Lipinski definition) is 10. The van der Waals surface area contributed by atoms with Crippen molar-refractivity contribution in [3.63, 3.8) is 0 Å². The number of anilines is 3. The summed E-state index contributed by atoms with van der Waals surface area (Å²) in [7, 11) is 0. The van der Waals surface area contributed by atoms with Crippen LogP contribution in [0.3, 0.4) is 0 Å². The summed E-state index contributed by atoms with van der Waals surface area (Å²) in [5.41, 5.74) is 10.3. The van der Waals surface area contributed by atoms with Gasteiger partial charge in [-0.05, 0) is 79.4 Å². The molecule has 0 saturated carbocycles. The smallest absolute Gasteiger partial charge is 0.290 e. The predicted octanol–water partition coefficient (Wildman–Crippen LogP) is 6.21. The van der Waals surface area contributed by atoms with Gasteiger partial charge in [0.25, 0.3) is 12.4 Å². The van der Waals surface area contributed by atoms with Gasteiger partial charge in [-0.25, -0.2) is 4.39 Å². The van der Waals surface area contributed by atoms with Gasteiger partial charge in [0.2, 0.25) is 11.9 Å². The highest BCUT2D eigenvalue weighted by molar-refractivity contribution is 6.04. The topological polar surface area (TPSA) is 184 Å². The number of amides is 1. The van der Waals surface area contributed by atoms with E-state index in [9.17, 15) is 9.18 Å². The highest BCUT2D eigenvalue weighted by Crippen LogP contribution is 2.31. The zero-order chi connectivity index (χ0) is 37.6. The first-order valence-corrected chi connectivity index (χ1v) is 17.4. The molecule has 7 N–H and O–H groups in total. The third-order valence-electron chi connectivity index (χ3n) is 8.47. The molecule has 1 saturated heterocycles. The second-order valence-electron chi connectivity index (χ2n) is 13.1. The lowest BCUT2D eigenvalue weighted by Gasteiger charge is -2.22. The average molecular weight is 713 g/mol. The molecule has 13 nitrogen and oxygen atoms in total. The molecular formula is C38H49FN10O3. The molecule has 0 atom stereocenters. The number of carboxylic acid groups (broad SMARTS) is 1. The molecular weight excluding hydrogens is 663 g/mol. The molecule has 1 fully saturated rings. The summed E-state index contributed by atoms with van der Waals surface area (Å²) in [5.74, 6) is 0.789. The first kappa shape index (κ1) is 39.3. The number of pyridine rings is 1. The molecule has 5 aromatic rings. The number of nitrogens with zero attached hydrogens (tertiary/aromatic N) is 5. The number of benzene rings is 2. The summed E-state index contributed by atoms with van der Waals surface area (Å²) < 4.78 is 15.0. The number of piperidine rings is 1. The lowest BCUT2D eigenvalue weighted by molar-refractivity contribution is -0.122. The van der Waals surface area contributed by atoms with Crippen LogP contribution in [-0.4, -0.2) is 68.2 Å². The molecule has 1 amide bonds. The molecule has 4 heterocycles. The van der Waals surface area contributed by atoms with E-state index in [2.05, 4.69) is 66.7 Å². The highest BCUT2D eigenvalue weighted by atomic mass is 19.1. The Labute approximate surface area is 303 Å². The van der Waals surface area contributed by atoms with Crippen LogP contribution in [0.1, 0.15) is 57.6 Å². The fourth-order valence-corrected chi connectivity index (χ4v) is 5.57. The summed E-state index contributed by atoms with van der Waals surface area (Å²) >= 11 is 0. The van der Waals surface area contributed by atoms with Gasteiger partial charge in [0.1, 0.15) is 0 Å². The van der Waals surface area contributed by atoms with Gasteiger partial charge in [0.05, 0.1) is 11.9 Å². The molecule has 52 heavy (non-hydrogen) atoms. The average Bonchev–Trinajstić information content (AvgIpc) is 3.58. The van der Waals surface area contributed by atoms with E-state index >= 15 is 0 Å². The molecule has 276 valence electrons. The number of hydrogen-bond donors (Lipinski definition) is 6. The second kappa shape index (κ2) is 19.2. The zero-order valence-corrected chi connectivity index (χ0v) is 30.2. The third-order valence-corrected chi connectivity index (χ3v) is 8.47. The number of carbonyl (C=O) groups is 2. The van der Waals surface area contributed by atoms with Crippen molar-refractivity contribution in [3.8, 4) is 11.3 Å². The van der Waals surface area contributed by atoms with Crippen molar-refractivity contribution in [3.05, 3.63) is 84.5 Å². The van der Waals surface area contributed by atoms with Gasteiger partial charge in [-0.3, -0.25) is 14.6 Å². The summed E-state index contributed by atoms with van der Waals surface area (Å²) in [6, 6.07) is 15.3. The van der Waals surface area contributed by atoms with Crippen LogP contribution in [0, 0.1) is 11.8 Å². The van der Waals surface area contributed by atoms with Gasteiger partial charge < -0.3 is 32.1 Å². The van der Waals surface area contributed by atoms with Gasteiger partial charge in [0.15, 0.2) is 11.5 Å². The molecule has 1 aliphatic rings. The highest BCUT2D eigenvalue weighted by Gasteiger charge is 2.18. The number of fused-ring (bicyclic) bond motifs is 2. The molecule has 1 aliphatic heterocycles. The largest absolute Gasteiger partial charge is 0.483 e. The van der Waals surface area contributed by atoms with Crippen LogP contribution < -0.4 is 27.0 Å². The van der Waals surface area contributed by atoms with E-state index in [1.54, 1.807) is 22.8 Å². The van der Waals surface area contributed by atoms with E-state index in [1.165, 1.54) is 0 Å². The molecule has 3 aromatic heterocycles. The van der Waals surface area contributed by atoms with Crippen LogP contribution in [0.25, 0.3) is 27.7 Å². The summed E-state index contributed by atoms with van der Waals surface area (Å²) in [5, 5.41) is 26.2. The fourth-order valence-electron chi connectivity index (χ4n) is 5.57. The molecule has 0 radical (unpaired) electrons. The molecule has 0 spiro atoms. The van der Waals surface area contributed by atoms with E-state index in [0.29, 0.717) is 36.0 Å². The zero-order valence-electron chi connectivity index (χ0n) is 30.2. The lowest BCUT2D eigenvalue weighted by Crippen LogP contribution is -2.31. The Kier molecular flexibility index (Phi) is 14.5. The quantitative estimate of drug-likeness (QED) is 0.0676. The van der Waals surface area contributed by atoms with E-state index in [0.717, 1.165) is 77.8 Å². The number of carbonyl (C=O) groups excluding carboxylic acids is 1. The van der Waals surface area contributed by atoms with Crippen LogP contribution in [0.15, 0.2) is 73.3 Å². The van der Waals surface area contributed by atoms with Crippen molar-refractivity contribution in [1.29, 1.82) is 0 Å². The summed E-state index contributed by atoms with van der Waals surface area (Å²) in [6.07, 6.45) is 5.86. The fraction of sp³-hybridized carbons (Fsp3) is 0.368. The Morgan fingerprint density at radius 1 is 1.12 bits per heavy atom. The van der Waals surface area contributed by atoms with E-state index in [4.69, 9.17) is 30.6 Å². The van der Waals surface area contributed by atoms with Gasteiger partial charge in [-0.1, -0.05) is 64.6 Å². The number of rotatable bonds is 11. The molecule has 0 aliphatic carbocycles. The maximum absolute atomic E-state index is 13.2. The van der Waals surface area contributed by atoms with Crippen molar-refractivity contribution >= 4 is 46.4 Å². The van der Waals surface area contributed by atoms with Crippen LogP contribution in [0.5, 0.6) is 0 Å². The Balaban J connectivity index is 0.000000688.